The van der Waals surface area contributed by atoms with Crippen molar-refractivity contribution in [2.45, 2.75) is 31.5 Å². The van der Waals surface area contributed by atoms with Crippen LogP contribution in [0, 0.1) is 5.82 Å². The summed E-state index contributed by atoms with van der Waals surface area (Å²) in [5.74, 6) is -0.409. The topological polar surface area (TPSA) is 67.6 Å². The summed E-state index contributed by atoms with van der Waals surface area (Å²) in [6.07, 6.45) is 2.12. The van der Waals surface area contributed by atoms with E-state index >= 15 is 0 Å². The Morgan fingerprint density at radius 3 is 3.00 bits per heavy atom. The van der Waals surface area contributed by atoms with Crippen LogP contribution in [0.5, 0.6) is 0 Å². The Morgan fingerprint density at radius 2 is 2.29 bits per heavy atom. The number of carbonyl (C=O) groups is 1. The second-order valence-electron chi connectivity index (χ2n) is 5.70. The minimum atomic E-state index is -0.417. The Hall–Kier alpha value is -1.66. The molecule has 1 aliphatic heterocycles. The zero-order valence-corrected chi connectivity index (χ0v) is 11.8. The van der Waals surface area contributed by atoms with E-state index in [0.29, 0.717) is 32.3 Å². The quantitative estimate of drug-likeness (QED) is 0.809. The molecule has 3 N–H and O–H groups in total. The molecule has 0 spiro atoms. The minimum absolute atomic E-state index is 0.00752. The molecule has 21 heavy (non-hydrogen) atoms. The van der Waals surface area contributed by atoms with Crippen LogP contribution < -0.4 is 11.1 Å². The van der Waals surface area contributed by atoms with Crippen LogP contribution in [-0.4, -0.2) is 42.6 Å². The molecule has 6 heteroatoms. The summed E-state index contributed by atoms with van der Waals surface area (Å²) in [6, 6.07) is 4.81. The number of rotatable bonds is 4. The first-order valence-corrected chi connectivity index (χ1v) is 7.29. The van der Waals surface area contributed by atoms with Crippen LogP contribution in [0.4, 0.5) is 10.1 Å². The first-order chi connectivity index (χ1) is 10.1. The number of nitrogens with zero attached hydrogens (tertiary/aromatic N) is 1. The highest BCUT2D eigenvalue weighted by molar-refractivity contribution is 5.82. The molecule has 1 aromatic carbocycles. The number of benzene rings is 1. The smallest absolute Gasteiger partial charge is 0.239 e. The van der Waals surface area contributed by atoms with Gasteiger partial charge in [-0.25, -0.2) is 4.39 Å². The van der Waals surface area contributed by atoms with Gasteiger partial charge in [0.05, 0.1) is 18.9 Å². The number of hydrogen-bond donors (Lipinski definition) is 2. The molecule has 0 bridgehead atoms. The number of amides is 1. The monoisotopic (exact) mass is 293 g/mol. The fraction of sp³-hybridized carbons (Fsp3) is 0.533. The van der Waals surface area contributed by atoms with Gasteiger partial charge in [0.1, 0.15) is 11.9 Å². The normalized spacial score (nSPS) is 23.0. The van der Waals surface area contributed by atoms with Gasteiger partial charge in [-0.1, -0.05) is 6.07 Å². The summed E-state index contributed by atoms with van der Waals surface area (Å²) in [5.41, 5.74) is 6.44. The Kier molecular flexibility index (Phi) is 4.07. The fourth-order valence-electron chi connectivity index (χ4n) is 2.50. The van der Waals surface area contributed by atoms with Gasteiger partial charge in [-0.2, -0.15) is 0 Å². The summed E-state index contributed by atoms with van der Waals surface area (Å²) >= 11 is 0. The van der Waals surface area contributed by atoms with Gasteiger partial charge in [-0.05, 0) is 30.5 Å². The Morgan fingerprint density at radius 1 is 1.48 bits per heavy atom. The number of morpholine rings is 1. The van der Waals surface area contributed by atoms with Crippen LogP contribution in [0.2, 0.25) is 0 Å². The summed E-state index contributed by atoms with van der Waals surface area (Å²) < 4.78 is 18.9. The van der Waals surface area contributed by atoms with E-state index in [9.17, 15) is 9.18 Å². The van der Waals surface area contributed by atoms with E-state index in [4.69, 9.17) is 10.5 Å². The van der Waals surface area contributed by atoms with E-state index in [1.165, 1.54) is 6.07 Å². The van der Waals surface area contributed by atoms with E-state index in [1.54, 1.807) is 12.1 Å². The average Bonchev–Trinajstić information content (AvgIpc) is 3.27. The molecule has 1 aromatic rings. The van der Waals surface area contributed by atoms with Crippen molar-refractivity contribution in [2.75, 3.05) is 25.5 Å². The maximum absolute atomic E-state index is 13.5. The lowest BCUT2D eigenvalue weighted by Gasteiger charge is -2.34. The zero-order chi connectivity index (χ0) is 14.8. The van der Waals surface area contributed by atoms with E-state index < -0.39 is 5.82 Å². The SMILES string of the molecule is Nc1ccc(CN2CCOCC2C(=O)NC2CC2)cc1F. The first kappa shape index (κ1) is 14.3. The van der Waals surface area contributed by atoms with Crippen molar-refractivity contribution in [3.63, 3.8) is 0 Å². The summed E-state index contributed by atoms with van der Waals surface area (Å²) in [6.45, 7) is 2.15. The largest absolute Gasteiger partial charge is 0.396 e. The molecule has 3 rings (SSSR count). The lowest BCUT2D eigenvalue weighted by molar-refractivity contribution is -0.133. The van der Waals surface area contributed by atoms with Crippen LogP contribution in [-0.2, 0) is 16.1 Å². The minimum Gasteiger partial charge on any atom is -0.396 e. The highest BCUT2D eigenvalue weighted by Gasteiger charge is 2.33. The molecule has 114 valence electrons. The van der Waals surface area contributed by atoms with Gasteiger partial charge in [0.2, 0.25) is 5.91 Å². The van der Waals surface area contributed by atoms with Crippen LogP contribution >= 0.6 is 0 Å². The summed E-state index contributed by atoms with van der Waals surface area (Å²) in [4.78, 5) is 14.3. The van der Waals surface area contributed by atoms with Crippen molar-refractivity contribution >= 4 is 11.6 Å². The first-order valence-electron chi connectivity index (χ1n) is 7.29. The maximum Gasteiger partial charge on any atom is 0.239 e. The number of ether oxygens (including phenoxy) is 1. The highest BCUT2D eigenvalue weighted by Crippen LogP contribution is 2.21. The Balaban J connectivity index is 1.68. The molecule has 0 aromatic heterocycles. The third kappa shape index (κ3) is 3.51. The number of hydrogen-bond acceptors (Lipinski definition) is 4. The molecule has 1 amide bonds. The predicted octanol–water partition coefficient (Wildman–Crippen LogP) is 0.887. The predicted molar refractivity (Wildman–Crippen MR) is 77.0 cm³/mol. The second-order valence-corrected chi connectivity index (χ2v) is 5.70. The molecule has 1 aliphatic carbocycles. The van der Waals surface area contributed by atoms with Gasteiger partial charge in [-0.3, -0.25) is 9.69 Å². The van der Waals surface area contributed by atoms with Crippen LogP contribution in [0.1, 0.15) is 18.4 Å². The lowest BCUT2D eigenvalue weighted by atomic mass is 10.1. The summed E-state index contributed by atoms with van der Waals surface area (Å²) in [7, 11) is 0. The number of nitrogen functional groups attached to an aromatic ring is 1. The molecule has 0 radical (unpaired) electrons. The van der Waals surface area contributed by atoms with Crippen LogP contribution in [0.15, 0.2) is 18.2 Å². The number of halogens is 1. The molecule has 1 heterocycles. The van der Waals surface area contributed by atoms with E-state index in [1.807, 2.05) is 4.90 Å². The fourth-order valence-corrected chi connectivity index (χ4v) is 2.50. The molecule has 1 atom stereocenters. The van der Waals surface area contributed by atoms with E-state index in [2.05, 4.69) is 5.32 Å². The van der Waals surface area contributed by atoms with Crippen molar-refractivity contribution in [3.05, 3.63) is 29.6 Å². The third-order valence-corrected chi connectivity index (χ3v) is 3.92. The van der Waals surface area contributed by atoms with Crippen LogP contribution in [0.25, 0.3) is 0 Å². The molecular formula is C15H20FN3O2. The summed E-state index contributed by atoms with van der Waals surface area (Å²) in [5, 5.41) is 3.01. The van der Waals surface area contributed by atoms with Gasteiger partial charge in [0.15, 0.2) is 0 Å². The second kappa shape index (κ2) is 5.99. The molecule has 2 aliphatic rings. The average molecular weight is 293 g/mol. The van der Waals surface area contributed by atoms with Crippen molar-refractivity contribution < 1.29 is 13.9 Å². The van der Waals surface area contributed by atoms with Crippen LogP contribution in [0.3, 0.4) is 0 Å². The standard InChI is InChI=1S/C15H20FN3O2/c16-12-7-10(1-4-13(12)17)8-19-5-6-21-9-14(19)15(20)18-11-2-3-11/h1,4,7,11,14H,2-3,5-6,8-9,17H2,(H,18,20). The third-order valence-electron chi connectivity index (χ3n) is 3.92. The molecular weight excluding hydrogens is 273 g/mol. The van der Waals surface area contributed by atoms with Gasteiger partial charge in [0.25, 0.3) is 0 Å². The number of carbonyl (C=O) groups excluding carboxylic acids is 1. The van der Waals surface area contributed by atoms with Crippen molar-refractivity contribution in [2.24, 2.45) is 0 Å². The Bertz CT molecular complexity index is 534. The van der Waals surface area contributed by atoms with Gasteiger partial charge < -0.3 is 15.8 Å². The van der Waals surface area contributed by atoms with E-state index in [0.717, 1.165) is 18.4 Å². The highest BCUT2D eigenvalue weighted by atomic mass is 19.1. The number of nitrogens with one attached hydrogen (secondary N) is 1. The van der Waals surface area contributed by atoms with Crippen molar-refractivity contribution in [1.29, 1.82) is 0 Å². The number of nitrogens with two attached hydrogens (primary N) is 1. The molecule has 1 unspecified atom stereocenters. The Labute approximate surface area is 123 Å². The molecule has 2 fully saturated rings. The van der Waals surface area contributed by atoms with Gasteiger partial charge in [0, 0.05) is 19.1 Å². The van der Waals surface area contributed by atoms with E-state index in [-0.39, 0.29) is 17.6 Å². The van der Waals surface area contributed by atoms with Crippen molar-refractivity contribution in [1.82, 2.24) is 10.2 Å². The lowest BCUT2D eigenvalue weighted by Crippen LogP contribution is -2.53. The number of anilines is 1. The zero-order valence-electron chi connectivity index (χ0n) is 11.8. The molecule has 1 saturated carbocycles. The molecule has 5 nitrogen and oxygen atoms in total. The van der Waals surface area contributed by atoms with Gasteiger partial charge >= 0.3 is 0 Å². The van der Waals surface area contributed by atoms with Gasteiger partial charge in [-0.15, -0.1) is 0 Å². The van der Waals surface area contributed by atoms with Crippen molar-refractivity contribution in [3.8, 4) is 0 Å². The maximum atomic E-state index is 13.5. The molecule has 1 saturated heterocycles.